The average Bonchev–Trinajstić information content (AvgIpc) is 3.45. The predicted octanol–water partition coefficient (Wildman–Crippen LogP) is 18.6. The Kier molecular flexibility index (Phi) is 58.6. The minimum absolute atomic E-state index is 0.137. The van der Waals surface area contributed by atoms with Gasteiger partial charge in [0.25, 0.3) is 0 Å². The minimum Gasteiger partial charge on any atom is -0.545 e. The number of ether oxygens (including phenoxy) is 4. The van der Waals surface area contributed by atoms with Crippen LogP contribution >= 0.6 is 0 Å². The van der Waals surface area contributed by atoms with E-state index in [4.69, 9.17) is 18.9 Å². The first kappa shape index (κ1) is 77.2. The van der Waals surface area contributed by atoms with Crippen LogP contribution in [0.5, 0.6) is 0 Å². The third-order valence-electron chi connectivity index (χ3n) is 13.3. The van der Waals surface area contributed by atoms with Crippen molar-refractivity contribution in [2.45, 2.75) is 251 Å². The monoisotopic (exact) mass is 1140 g/mol. The van der Waals surface area contributed by atoms with Crippen molar-refractivity contribution in [3.63, 3.8) is 0 Å². The summed E-state index contributed by atoms with van der Waals surface area (Å²) in [5, 5.41) is 11.8. The van der Waals surface area contributed by atoms with Crippen molar-refractivity contribution in [1.29, 1.82) is 0 Å². The van der Waals surface area contributed by atoms with Gasteiger partial charge in [0.2, 0.25) is 0 Å². The van der Waals surface area contributed by atoms with E-state index in [1.165, 1.54) is 70.6 Å². The third-order valence-corrected chi connectivity index (χ3v) is 13.3. The highest BCUT2D eigenvalue weighted by Gasteiger charge is 2.22. The molecule has 0 spiro atoms. The molecule has 2 unspecified atom stereocenters. The second-order valence-electron chi connectivity index (χ2n) is 22.3. The predicted molar refractivity (Wildman–Crippen MR) is 347 cm³/mol. The Balaban J connectivity index is 4.20. The molecule has 0 aliphatic carbocycles. The van der Waals surface area contributed by atoms with Crippen molar-refractivity contribution in [1.82, 2.24) is 0 Å². The Morgan fingerprint density at radius 3 is 1.05 bits per heavy atom. The van der Waals surface area contributed by atoms with Crippen LogP contribution in [0.1, 0.15) is 239 Å². The van der Waals surface area contributed by atoms with Gasteiger partial charge in [-0.15, -0.1) is 0 Å². The lowest BCUT2D eigenvalue weighted by Gasteiger charge is -2.26. The lowest BCUT2D eigenvalue weighted by molar-refractivity contribution is -0.870. The highest BCUT2D eigenvalue weighted by molar-refractivity contribution is 5.70. The van der Waals surface area contributed by atoms with Crippen LogP contribution < -0.4 is 5.11 Å². The SMILES string of the molecule is CC/C=C\C/C=C\C/C=C\C/C=C\C/C=C\C/C=C\C/C=C\C/C=C\C/C=C\C/C=C\C/C=C\CCCCCCCCCC(=O)OC(COC(=O)CCCCCCC/C=C\CCCCCCCCC)COC(OCC[N+](C)(C)C)C(=O)[O-]. The van der Waals surface area contributed by atoms with Crippen molar-refractivity contribution in [3.05, 3.63) is 146 Å². The number of aliphatic carboxylic acids is 1. The molecular formula is C73H119NO8. The smallest absolute Gasteiger partial charge is 0.306 e. The minimum atomic E-state index is -1.63. The van der Waals surface area contributed by atoms with E-state index in [0.29, 0.717) is 17.4 Å². The van der Waals surface area contributed by atoms with Gasteiger partial charge in [-0.1, -0.05) is 250 Å². The number of carbonyl (C=O) groups is 3. The first-order valence-electron chi connectivity index (χ1n) is 32.5. The number of hydrogen-bond donors (Lipinski definition) is 0. The van der Waals surface area contributed by atoms with E-state index in [1.807, 2.05) is 21.1 Å². The number of esters is 2. The van der Waals surface area contributed by atoms with E-state index in [0.717, 1.165) is 135 Å². The molecule has 0 aromatic carbocycles. The van der Waals surface area contributed by atoms with Gasteiger partial charge < -0.3 is 33.3 Å². The molecule has 0 fully saturated rings. The van der Waals surface area contributed by atoms with Gasteiger partial charge >= 0.3 is 11.9 Å². The second kappa shape index (κ2) is 62.2. The van der Waals surface area contributed by atoms with Gasteiger partial charge in [-0.25, -0.2) is 0 Å². The molecule has 0 heterocycles. The molecule has 0 aromatic rings. The van der Waals surface area contributed by atoms with E-state index in [9.17, 15) is 19.5 Å². The number of unbranched alkanes of at least 4 members (excludes halogenated alkanes) is 19. The molecule has 0 aliphatic heterocycles. The number of likely N-dealkylation sites (N-methyl/N-ethyl adjacent to an activating group) is 1. The number of nitrogens with zero attached hydrogens (tertiary/aromatic N) is 1. The topological polar surface area (TPSA) is 111 Å². The van der Waals surface area contributed by atoms with Crippen LogP contribution in [-0.4, -0.2) is 82.3 Å². The van der Waals surface area contributed by atoms with Crippen LogP contribution in [0.25, 0.3) is 0 Å². The van der Waals surface area contributed by atoms with Gasteiger partial charge in [0.15, 0.2) is 12.4 Å². The van der Waals surface area contributed by atoms with Gasteiger partial charge in [0.1, 0.15) is 13.2 Å². The molecule has 0 aliphatic rings. The van der Waals surface area contributed by atoms with Crippen LogP contribution in [-0.2, 0) is 33.3 Å². The molecule has 82 heavy (non-hydrogen) atoms. The Morgan fingerprint density at radius 2 is 0.695 bits per heavy atom. The third kappa shape index (κ3) is 62.8. The summed E-state index contributed by atoms with van der Waals surface area (Å²) in [6.07, 6.45) is 87.7. The number of carbonyl (C=O) groups excluding carboxylic acids is 3. The molecule has 0 aromatic heterocycles. The maximum atomic E-state index is 12.9. The largest absolute Gasteiger partial charge is 0.545 e. The lowest BCUT2D eigenvalue weighted by Crippen LogP contribution is -2.44. The molecule has 0 saturated heterocycles. The Hall–Kier alpha value is -4.83. The molecule has 0 amide bonds. The van der Waals surface area contributed by atoms with Crippen LogP contribution in [0, 0.1) is 0 Å². The number of allylic oxidation sites excluding steroid dienone is 24. The summed E-state index contributed by atoms with van der Waals surface area (Å²) >= 11 is 0. The van der Waals surface area contributed by atoms with Crippen LogP contribution in [0.2, 0.25) is 0 Å². The Labute approximate surface area is 502 Å². The Morgan fingerprint density at radius 1 is 0.378 bits per heavy atom. The van der Waals surface area contributed by atoms with Crippen molar-refractivity contribution in [3.8, 4) is 0 Å². The van der Waals surface area contributed by atoms with E-state index in [2.05, 4.69) is 160 Å². The lowest BCUT2D eigenvalue weighted by atomic mass is 10.1. The van der Waals surface area contributed by atoms with Crippen molar-refractivity contribution >= 4 is 17.9 Å². The maximum absolute atomic E-state index is 12.9. The number of carboxylic acid groups (broad SMARTS) is 1. The molecule has 0 bridgehead atoms. The van der Waals surface area contributed by atoms with Gasteiger partial charge in [-0.3, -0.25) is 9.59 Å². The highest BCUT2D eigenvalue weighted by atomic mass is 16.7. The first-order chi connectivity index (χ1) is 40.1. The van der Waals surface area contributed by atoms with Crippen LogP contribution in [0.4, 0.5) is 0 Å². The second-order valence-corrected chi connectivity index (χ2v) is 22.3. The molecule has 2 atom stereocenters. The summed E-state index contributed by atoms with van der Waals surface area (Å²) < 4.78 is 22.7. The fourth-order valence-corrected chi connectivity index (χ4v) is 8.36. The average molecular weight is 1140 g/mol. The summed E-state index contributed by atoms with van der Waals surface area (Å²) in [6, 6.07) is 0. The zero-order chi connectivity index (χ0) is 59.8. The van der Waals surface area contributed by atoms with E-state index < -0.39 is 24.3 Å². The molecule has 9 heteroatoms. The Bertz CT molecular complexity index is 1850. The van der Waals surface area contributed by atoms with Crippen LogP contribution in [0.15, 0.2) is 146 Å². The standard InChI is InChI=1S/C73H119NO8/c1-6-8-10-12-14-16-18-20-22-24-25-26-27-28-29-30-31-32-33-34-35-36-37-38-39-40-41-42-43-44-45-46-47-48-50-52-54-56-58-60-62-64-71(76)82-69(68-81-73(72(77)78)79-66-65-74(3,4)5)67-80-70(75)63-61-59-57-55-53-51-49-23-21-19-17-15-13-11-9-7-2/h8,10,14,16,20,22-23,25-26,28-29,31-32,34-35,37-38,40-41,43-44,46-47,49,69,73H,6-7,9,11-13,15,17-19,21,24,27,30,33,36,39,42,45,48,50-68H2,1-5H3/b10-8-,16-14-,22-20-,26-25-,29-28-,32-31-,35-34-,38-37-,41-40-,44-43-,47-46-,49-23-. The zero-order valence-electron chi connectivity index (χ0n) is 52.8. The van der Waals surface area contributed by atoms with Gasteiger partial charge in [0.05, 0.1) is 40.3 Å². The zero-order valence-corrected chi connectivity index (χ0v) is 52.8. The summed E-state index contributed by atoms with van der Waals surface area (Å²) in [6.45, 7) is 4.59. The van der Waals surface area contributed by atoms with Crippen LogP contribution in [0.3, 0.4) is 0 Å². The van der Waals surface area contributed by atoms with E-state index in [1.54, 1.807) is 0 Å². The van der Waals surface area contributed by atoms with Gasteiger partial charge in [-0.2, -0.15) is 0 Å². The fraction of sp³-hybridized carbons (Fsp3) is 0.630. The molecule has 0 N–H and O–H groups in total. The molecule has 0 rings (SSSR count). The van der Waals surface area contributed by atoms with Gasteiger partial charge in [-0.05, 0) is 122 Å². The number of quaternary nitrogens is 1. The molecule has 0 radical (unpaired) electrons. The summed E-state index contributed by atoms with van der Waals surface area (Å²) in [7, 11) is 5.91. The highest BCUT2D eigenvalue weighted by Crippen LogP contribution is 2.14. The molecule has 464 valence electrons. The first-order valence-corrected chi connectivity index (χ1v) is 32.5. The molecule has 0 saturated carbocycles. The van der Waals surface area contributed by atoms with Crippen molar-refractivity contribution < 1.29 is 42.9 Å². The summed E-state index contributed by atoms with van der Waals surface area (Å²) in [5.41, 5.74) is 0. The number of rotatable bonds is 58. The summed E-state index contributed by atoms with van der Waals surface area (Å²) in [4.78, 5) is 37.3. The normalized spacial score (nSPS) is 13.7. The maximum Gasteiger partial charge on any atom is 0.306 e. The van der Waals surface area contributed by atoms with Crippen molar-refractivity contribution in [2.75, 3.05) is 47.5 Å². The molecule has 9 nitrogen and oxygen atoms in total. The number of hydrogen-bond acceptors (Lipinski definition) is 8. The quantitative estimate of drug-likeness (QED) is 0.0195. The molecular weight excluding hydrogens is 1020 g/mol. The van der Waals surface area contributed by atoms with E-state index >= 15 is 0 Å². The fourth-order valence-electron chi connectivity index (χ4n) is 8.36. The van der Waals surface area contributed by atoms with Crippen molar-refractivity contribution in [2.24, 2.45) is 0 Å². The summed E-state index contributed by atoms with van der Waals surface area (Å²) in [5.74, 6) is -2.32. The van der Waals surface area contributed by atoms with E-state index in [-0.39, 0.29) is 38.6 Å². The van der Waals surface area contributed by atoms with Gasteiger partial charge in [0, 0.05) is 12.8 Å². The number of carboxylic acids is 1.